The van der Waals surface area contributed by atoms with Crippen molar-refractivity contribution in [1.29, 1.82) is 0 Å². The van der Waals surface area contributed by atoms with Crippen molar-refractivity contribution >= 4 is 21.6 Å². The Bertz CT molecular complexity index is 495. The standard InChI is InChI=1S/C10H13FO3S2/c1-6(12)7-4-8(11)10(15-2)9(5-7)16(3,13)14/h4-6,12H,1-3H3. The first-order valence-electron chi connectivity index (χ1n) is 4.53. The fourth-order valence-electron chi connectivity index (χ4n) is 1.30. The summed E-state index contributed by atoms with van der Waals surface area (Å²) in [6.07, 6.45) is 1.73. The van der Waals surface area contributed by atoms with Crippen LogP contribution in [0.1, 0.15) is 18.6 Å². The third-order valence-electron chi connectivity index (χ3n) is 2.12. The normalized spacial score (nSPS) is 13.8. The van der Waals surface area contributed by atoms with Gasteiger partial charge in [-0.15, -0.1) is 11.8 Å². The number of sulfone groups is 1. The van der Waals surface area contributed by atoms with Gasteiger partial charge in [0, 0.05) is 6.26 Å². The Balaban J connectivity index is 3.56. The molecule has 1 aromatic carbocycles. The highest BCUT2D eigenvalue weighted by Crippen LogP contribution is 2.30. The van der Waals surface area contributed by atoms with Crippen LogP contribution in [0.3, 0.4) is 0 Å². The van der Waals surface area contributed by atoms with E-state index < -0.39 is 21.8 Å². The Hall–Kier alpha value is -0.590. The average Bonchev–Trinajstić information content (AvgIpc) is 2.14. The molecule has 6 heteroatoms. The van der Waals surface area contributed by atoms with Gasteiger partial charge >= 0.3 is 0 Å². The summed E-state index contributed by atoms with van der Waals surface area (Å²) in [6, 6.07) is 2.47. The highest BCUT2D eigenvalue weighted by Gasteiger charge is 2.19. The molecule has 0 radical (unpaired) electrons. The predicted octanol–water partition coefficient (Wildman–Crippen LogP) is 2.00. The van der Waals surface area contributed by atoms with Gasteiger partial charge in [-0.25, -0.2) is 12.8 Å². The van der Waals surface area contributed by atoms with Crippen LogP contribution in [0.25, 0.3) is 0 Å². The number of benzene rings is 1. The maximum Gasteiger partial charge on any atom is 0.176 e. The molecule has 0 aliphatic rings. The van der Waals surface area contributed by atoms with Crippen LogP contribution in [-0.2, 0) is 9.84 Å². The molecule has 1 aromatic rings. The predicted molar refractivity (Wildman–Crippen MR) is 61.9 cm³/mol. The highest BCUT2D eigenvalue weighted by atomic mass is 32.2. The van der Waals surface area contributed by atoms with Crippen molar-refractivity contribution in [1.82, 2.24) is 0 Å². The number of thioether (sulfide) groups is 1. The van der Waals surface area contributed by atoms with E-state index in [-0.39, 0.29) is 15.4 Å². The molecule has 0 saturated heterocycles. The van der Waals surface area contributed by atoms with E-state index in [1.807, 2.05) is 0 Å². The van der Waals surface area contributed by atoms with Crippen molar-refractivity contribution in [3.63, 3.8) is 0 Å². The molecule has 0 amide bonds. The van der Waals surface area contributed by atoms with Gasteiger partial charge in [-0.3, -0.25) is 0 Å². The van der Waals surface area contributed by atoms with E-state index in [1.54, 1.807) is 6.26 Å². The largest absolute Gasteiger partial charge is 0.389 e. The molecule has 0 aromatic heterocycles. The Morgan fingerprint density at radius 1 is 1.44 bits per heavy atom. The van der Waals surface area contributed by atoms with Crippen LogP contribution < -0.4 is 0 Å². The monoisotopic (exact) mass is 264 g/mol. The van der Waals surface area contributed by atoms with Gasteiger partial charge in [0.25, 0.3) is 0 Å². The van der Waals surface area contributed by atoms with Crippen LogP contribution >= 0.6 is 11.8 Å². The van der Waals surface area contributed by atoms with Crippen LogP contribution in [0.15, 0.2) is 21.9 Å². The lowest BCUT2D eigenvalue weighted by Gasteiger charge is -2.11. The lowest BCUT2D eigenvalue weighted by atomic mass is 10.1. The van der Waals surface area contributed by atoms with Gasteiger partial charge in [0.05, 0.1) is 15.9 Å². The van der Waals surface area contributed by atoms with Gasteiger partial charge < -0.3 is 5.11 Å². The minimum Gasteiger partial charge on any atom is -0.389 e. The van der Waals surface area contributed by atoms with E-state index in [4.69, 9.17) is 0 Å². The fraction of sp³-hybridized carbons (Fsp3) is 0.400. The van der Waals surface area contributed by atoms with Crippen LogP contribution in [0.4, 0.5) is 4.39 Å². The molecule has 0 saturated carbocycles. The summed E-state index contributed by atoms with van der Waals surface area (Å²) in [5, 5.41) is 9.33. The Labute approximate surface area is 98.6 Å². The van der Waals surface area contributed by atoms with E-state index in [1.165, 1.54) is 13.0 Å². The number of hydrogen-bond acceptors (Lipinski definition) is 4. The summed E-state index contributed by atoms with van der Waals surface area (Å²) in [6.45, 7) is 1.46. The molecule has 1 unspecified atom stereocenters. The number of aliphatic hydroxyl groups is 1. The van der Waals surface area contributed by atoms with Gasteiger partial charge in [-0.2, -0.15) is 0 Å². The zero-order chi connectivity index (χ0) is 12.5. The van der Waals surface area contributed by atoms with Crippen molar-refractivity contribution in [3.8, 4) is 0 Å². The molecule has 0 spiro atoms. The van der Waals surface area contributed by atoms with E-state index >= 15 is 0 Å². The first-order chi connectivity index (χ1) is 7.27. The first kappa shape index (κ1) is 13.5. The topological polar surface area (TPSA) is 54.4 Å². The van der Waals surface area contributed by atoms with Crippen molar-refractivity contribution in [2.45, 2.75) is 22.8 Å². The van der Waals surface area contributed by atoms with Gasteiger partial charge in [-0.05, 0) is 30.9 Å². The third kappa shape index (κ3) is 2.75. The summed E-state index contributed by atoms with van der Waals surface area (Å²) >= 11 is 1.03. The molecule has 1 N–H and O–H groups in total. The SMILES string of the molecule is CSc1c(F)cc(C(C)O)cc1S(C)(=O)=O. The number of rotatable bonds is 3. The van der Waals surface area contributed by atoms with E-state index in [9.17, 15) is 17.9 Å². The van der Waals surface area contributed by atoms with Gasteiger partial charge in [-0.1, -0.05) is 0 Å². The number of hydrogen-bond donors (Lipinski definition) is 1. The molecule has 0 aliphatic heterocycles. The first-order valence-corrected chi connectivity index (χ1v) is 7.64. The Morgan fingerprint density at radius 2 is 2.00 bits per heavy atom. The van der Waals surface area contributed by atoms with E-state index in [2.05, 4.69) is 0 Å². The van der Waals surface area contributed by atoms with Crippen molar-refractivity contribution in [3.05, 3.63) is 23.5 Å². The molecule has 1 atom stereocenters. The molecule has 0 fully saturated rings. The highest BCUT2D eigenvalue weighted by molar-refractivity contribution is 7.99. The van der Waals surface area contributed by atoms with Crippen molar-refractivity contribution in [2.24, 2.45) is 0 Å². The van der Waals surface area contributed by atoms with Crippen LogP contribution in [-0.4, -0.2) is 26.0 Å². The zero-order valence-corrected chi connectivity index (χ0v) is 10.8. The van der Waals surface area contributed by atoms with Crippen molar-refractivity contribution in [2.75, 3.05) is 12.5 Å². The second-order valence-corrected chi connectivity index (χ2v) is 6.28. The summed E-state index contributed by atoms with van der Waals surface area (Å²) in [7, 11) is -3.50. The quantitative estimate of drug-likeness (QED) is 0.848. The summed E-state index contributed by atoms with van der Waals surface area (Å²) in [5.41, 5.74) is 0.260. The third-order valence-corrected chi connectivity index (χ3v) is 4.19. The lowest BCUT2D eigenvalue weighted by Crippen LogP contribution is -2.04. The molecular weight excluding hydrogens is 251 g/mol. The Kier molecular flexibility index (Phi) is 3.98. The summed E-state index contributed by atoms with van der Waals surface area (Å²) < 4.78 is 36.6. The van der Waals surface area contributed by atoms with Crippen LogP contribution in [0.5, 0.6) is 0 Å². The summed E-state index contributed by atoms with van der Waals surface area (Å²) in [4.78, 5) is 0.0165. The van der Waals surface area contributed by atoms with Gasteiger partial charge in [0.1, 0.15) is 5.82 Å². The number of aliphatic hydroxyl groups excluding tert-OH is 1. The molecule has 0 aliphatic carbocycles. The molecule has 0 bridgehead atoms. The minimum atomic E-state index is -3.50. The maximum absolute atomic E-state index is 13.6. The molecule has 1 rings (SSSR count). The second-order valence-electron chi connectivity index (χ2n) is 3.48. The Morgan fingerprint density at radius 3 is 2.38 bits per heavy atom. The molecule has 90 valence electrons. The fourth-order valence-corrected chi connectivity index (χ4v) is 3.31. The van der Waals surface area contributed by atoms with Gasteiger partial charge in [0.2, 0.25) is 0 Å². The minimum absolute atomic E-state index is 0.0732. The van der Waals surface area contributed by atoms with Gasteiger partial charge in [0.15, 0.2) is 9.84 Å². The molecule has 0 heterocycles. The molecular formula is C10H13FO3S2. The zero-order valence-electron chi connectivity index (χ0n) is 9.19. The summed E-state index contributed by atoms with van der Waals surface area (Å²) in [5.74, 6) is -0.619. The smallest absolute Gasteiger partial charge is 0.176 e. The average molecular weight is 264 g/mol. The number of halogens is 1. The van der Waals surface area contributed by atoms with E-state index in [0.717, 1.165) is 24.1 Å². The maximum atomic E-state index is 13.6. The van der Waals surface area contributed by atoms with Crippen LogP contribution in [0.2, 0.25) is 0 Å². The van der Waals surface area contributed by atoms with Crippen LogP contribution in [0, 0.1) is 5.82 Å². The van der Waals surface area contributed by atoms with Crippen molar-refractivity contribution < 1.29 is 17.9 Å². The molecule has 16 heavy (non-hydrogen) atoms. The second kappa shape index (κ2) is 4.73. The molecule has 3 nitrogen and oxygen atoms in total. The lowest BCUT2D eigenvalue weighted by molar-refractivity contribution is 0.198. The van der Waals surface area contributed by atoms with E-state index in [0.29, 0.717) is 0 Å².